The van der Waals surface area contributed by atoms with Gasteiger partial charge >= 0.3 is 18.4 Å². The summed E-state index contributed by atoms with van der Waals surface area (Å²) in [4.78, 5) is 25.3. The van der Waals surface area contributed by atoms with E-state index < -0.39 is 35.6 Å². The van der Waals surface area contributed by atoms with Crippen LogP contribution in [0.5, 0.6) is 0 Å². The number of carbonyl (C=O) groups excluding carboxylic acids is 1. The summed E-state index contributed by atoms with van der Waals surface area (Å²) < 4.78 is 87.5. The first-order valence-corrected chi connectivity index (χ1v) is 14.1. The van der Waals surface area contributed by atoms with Crippen molar-refractivity contribution in [2.45, 2.75) is 96.5 Å². The molecule has 4 rings (SSSR count). The van der Waals surface area contributed by atoms with E-state index >= 15 is 0 Å². The van der Waals surface area contributed by atoms with E-state index in [0.717, 1.165) is 12.1 Å². The first kappa shape index (κ1) is 32.1. The number of benzene rings is 1. The van der Waals surface area contributed by atoms with Crippen LogP contribution in [0.3, 0.4) is 0 Å². The van der Waals surface area contributed by atoms with Gasteiger partial charge in [-0.3, -0.25) is 5.10 Å². The highest BCUT2D eigenvalue weighted by molar-refractivity contribution is 5.69. The van der Waals surface area contributed by atoms with E-state index in [1.54, 1.807) is 36.0 Å². The minimum atomic E-state index is -4.98. The number of ether oxygens (including phenoxy) is 1. The van der Waals surface area contributed by atoms with Crippen LogP contribution in [-0.2, 0) is 23.6 Å². The third kappa shape index (κ3) is 7.57. The minimum absolute atomic E-state index is 0.114. The molecule has 1 aliphatic rings. The molecule has 1 unspecified atom stereocenters. The lowest BCUT2D eigenvalue weighted by molar-refractivity contribution is -0.143. The average molecular weight is 613 g/mol. The highest BCUT2D eigenvalue weighted by Crippen LogP contribution is 2.38. The fourth-order valence-electron chi connectivity index (χ4n) is 5.49. The molecule has 8 nitrogen and oxygen atoms in total. The van der Waals surface area contributed by atoms with Crippen molar-refractivity contribution in [2.75, 3.05) is 4.90 Å². The third-order valence-corrected chi connectivity index (χ3v) is 7.53. The van der Waals surface area contributed by atoms with E-state index in [2.05, 4.69) is 20.2 Å². The van der Waals surface area contributed by atoms with E-state index in [1.807, 2.05) is 13.8 Å². The van der Waals surface area contributed by atoms with Gasteiger partial charge in [0.2, 0.25) is 5.95 Å². The zero-order valence-corrected chi connectivity index (χ0v) is 24.2. The number of H-pyrrole nitrogens is 1. The third-order valence-electron chi connectivity index (χ3n) is 7.53. The molecule has 1 fully saturated rings. The number of likely N-dealkylation sites (tertiary alicyclic amines) is 1. The second-order valence-corrected chi connectivity index (χ2v) is 10.9. The smallest absolute Gasteiger partial charge is 0.416 e. The van der Waals surface area contributed by atoms with Gasteiger partial charge in [-0.2, -0.15) is 31.4 Å². The average Bonchev–Trinajstić information content (AvgIpc) is 3.49. The van der Waals surface area contributed by atoms with Crippen molar-refractivity contribution in [3.05, 3.63) is 59.7 Å². The molecule has 1 aliphatic heterocycles. The Bertz CT molecular complexity index is 1320. The van der Waals surface area contributed by atoms with E-state index in [-0.39, 0.29) is 42.3 Å². The lowest BCUT2D eigenvalue weighted by Crippen LogP contribution is -2.57. The maximum absolute atomic E-state index is 13.7. The zero-order chi connectivity index (χ0) is 31.5. The molecule has 1 saturated heterocycles. The van der Waals surface area contributed by atoms with Gasteiger partial charge in [0.15, 0.2) is 0 Å². The second kappa shape index (κ2) is 12.8. The summed E-state index contributed by atoms with van der Waals surface area (Å²) in [6.45, 7) is 7.02. The standard InChI is InChI=1S/C29H34F6N6O2/c1-5-23-10-25(11-24(6-2)41(23)27(42)43-17(3)4)40(26-36-12-19(13-37-26)20-14-38-39-15-20)16-18-7-21(28(30,31)32)9-22(8-18)29(33,34)35/h7-9,12-15,17,23-25H,5-6,10-11,16H2,1-4H3,(H,38,39)/t23-,24+,25?. The summed E-state index contributed by atoms with van der Waals surface area (Å²) in [5.74, 6) is 0.145. The van der Waals surface area contributed by atoms with Crippen LogP contribution in [0, 0.1) is 0 Å². The number of alkyl halides is 6. The summed E-state index contributed by atoms with van der Waals surface area (Å²) in [5.41, 5.74) is -1.64. The summed E-state index contributed by atoms with van der Waals surface area (Å²) in [7, 11) is 0. The number of hydrogen-bond acceptors (Lipinski definition) is 6. The molecule has 2 aromatic heterocycles. The number of rotatable bonds is 8. The van der Waals surface area contributed by atoms with Crippen LogP contribution in [0.2, 0.25) is 0 Å². The highest BCUT2D eigenvalue weighted by atomic mass is 19.4. The molecule has 0 aliphatic carbocycles. The molecule has 0 bridgehead atoms. The van der Waals surface area contributed by atoms with Crippen LogP contribution in [0.4, 0.5) is 37.1 Å². The van der Waals surface area contributed by atoms with Gasteiger partial charge < -0.3 is 14.5 Å². The topological polar surface area (TPSA) is 87.2 Å². The zero-order valence-electron chi connectivity index (χ0n) is 24.2. The van der Waals surface area contributed by atoms with Crippen molar-refractivity contribution >= 4 is 12.0 Å². The van der Waals surface area contributed by atoms with Crippen LogP contribution < -0.4 is 4.90 Å². The number of nitrogens with zero attached hydrogens (tertiary/aromatic N) is 5. The number of piperidine rings is 1. The fraction of sp³-hybridized carbons (Fsp3) is 0.517. The lowest BCUT2D eigenvalue weighted by Gasteiger charge is -2.47. The van der Waals surface area contributed by atoms with Gasteiger partial charge in [-0.05, 0) is 63.3 Å². The van der Waals surface area contributed by atoms with Crippen LogP contribution in [0.25, 0.3) is 11.1 Å². The molecule has 1 N–H and O–H groups in total. The van der Waals surface area contributed by atoms with Crippen LogP contribution in [0.1, 0.15) is 70.1 Å². The normalized spacial score (nSPS) is 19.5. The number of nitrogens with one attached hydrogen (secondary N) is 1. The molecule has 3 aromatic rings. The van der Waals surface area contributed by atoms with Crippen LogP contribution >= 0.6 is 0 Å². The Morgan fingerprint density at radius 3 is 1.95 bits per heavy atom. The van der Waals surface area contributed by atoms with E-state index in [4.69, 9.17) is 4.74 Å². The number of hydrogen-bond donors (Lipinski definition) is 1. The van der Waals surface area contributed by atoms with Gasteiger partial charge in [-0.1, -0.05) is 13.8 Å². The number of carbonyl (C=O) groups is 1. The van der Waals surface area contributed by atoms with Gasteiger partial charge in [0.05, 0.1) is 23.4 Å². The SMILES string of the molecule is CC[C@@H]1CC(N(Cc2cc(C(F)(F)F)cc(C(F)(F)F)c2)c2ncc(-c3cn[nH]c3)cn2)C[C@H](CC)N1C(=O)OC(C)C. The summed E-state index contributed by atoms with van der Waals surface area (Å²) in [5, 5.41) is 6.59. The van der Waals surface area contributed by atoms with Crippen molar-refractivity contribution in [3.8, 4) is 11.1 Å². The fourth-order valence-corrected chi connectivity index (χ4v) is 5.49. The molecule has 234 valence electrons. The molecule has 14 heteroatoms. The van der Waals surface area contributed by atoms with E-state index in [9.17, 15) is 31.1 Å². The second-order valence-electron chi connectivity index (χ2n) is 10.9. The number of aromatic amines is 1. The summed E-state index contributed by atoms with van der Waals surface area (Å²) >= 11 is 0. The van der Waals surface area contributed by atoms with Crippen molar-refractivity contribution < 1.29 is 35.9 Å². The first-order chi connectivity index (χ1) is 20.2. The Labute approximate surface area is 245 Å². The molecule has 0 radical (unpaired) electrons. The predicted molar refractivity (Wildman–Crippen MR) is 147 cm³/mol. The molecular weight excluding hydrogens is 578 g/mol. The van der Waals surface area contributed by atoms with E-state index in [0.29, 0.717) is 36.8 Å². The predicted octanol–water partition coefficient (Wildman–Crippen LogP) is 7.48. The van der Waals surface area contributed by atoms with Crippen molar-refractivity contribution in [1.82, 2.24) is 25.1 Å². The molecular formula is C29H34F6N6O2. The Kier molecular flexibility index (Phi) is 9.55. The summed E-state index contributed by atoms with van der Waals surface area (Å²) in [6.07, 6.45) is -2.58. The molecule has 1 aromatic carbocycles. The van der Waals surface area contributed by atoms with Gasteiger partial charge in [-0.25, -0.2) is 14.8 Å². The molecule has 0 spiro atoms. The Hall–Kier alpha value is -3.84. The Morgan fingerprint density at radius 2 is 1.51 bits per heavy atom. The highest BCUT2D eigenvalue weighted by Gasteiger charge is 2.42. The van der Waals surface area contributed by atoms with Gasteiger partial charge in [0.1, 0.15) is 0 Å². The van der Waals surface area contributed by atoms with Gasteiger partial charge in [0.25, 0.3) is 0 Å². The number of anilines is 1. The number of amides is 1. The maximum atomic E-state index is 13.7. The van der Waals surface area contributed by atoms with Crippen LogP contribution in [0.15, 0.2) is 43.0 Å². The largest absolute Gasteiger partial charge is 0.447 e. The molecule has 43 heavy (non-hydrogen) atoms. The summed E-state index contributed by atoms with van der Waals surface area (Å²) in [6, 6.07) is 0.604. The number of aromatic nitrogens is 4. The van der Waals surface area contributed by atoms with Crippen molar-refractivity contribution in [3.63, 3.8) is 0 Å². The molecule has 3 heterocycles. The van der Waals surface area contributed by atoms with Crippen molar-refractivity contribution in [1.29, 1.82) is 0 Å². The Morgan fingerprint density at radius 1 is 0.953 bits per heavy atom. The van der Waals surface area contributed by atoms with Gasteiger partial charge in [-0.15, -0.1) is 0 Å². The molecule has 1 amide bonds. The van der Waals surface area contributed by atoms with Crippen LogP contribution in [-0.4, -0.2) is 55.4 Å². The molecule has 0 saturated carbocycles. The lowest BCUT2D eigenvalue weighted by atomic mass is 9.87. The maximum Gasteiger partial charge on any atom is 0.416 e. The first-order valence-electron chi connectivity index (χ1n) is 14.1. The minimum Gasteiger partial charge on any atom is -0.447 e. The van der Waals surface area contributed by atoms with E-state index in [1.165, 1.54) is 12.4 Å². The molecule has 3 atom stereocenters. The van der Waals surface area contributed by atoms with Crippen molar-refractivity contribution in [2.24, 2.45) is 0 Å². The Balaban J connectivity index is 1.76. The monoisotopic (exact) mass is 612 g/mol. The number of halogens is 6. The quantitative estimate of drug-likeness (QED) is 0.266. The van der Waals surface area contributed by atoms with Gasteiger partial charge in [0, 0.05) is 54.4 Å².